The molecule has 8 heteroatoms. The minimum Gasteiger partial charge on any atom is -0.314 e. The summed E-state index contributed by atoms with van der Waals surface area (Å²) in [5, 5.41) is 0. The first kappa shape index (κ1) is 23.2. The largest absolute Gasteiger partial charge is 0.314 e. The molecule has 0 aliphatic rings. The molecule has 0 atom stereocenters. The molecular formula is C23H26FNO4S2. The first-order valence-electron chi connectivity index (χ1n) is 10.00. The summed E-state index contributed by atoms with van der Waals surface area (Å²) in [7, 11) is -6.45. The van der Waals surface area contributed by atoms with Gasteiger partial charge in [0.2, 0.25) is 0 Å². The molecule has 0 unspecified atom stereocenters. The lowest BCUT2D eigenvalue weighted by Gasteiger charge is -2.13. The molecule has 5 nitrogen and oxygen atoms in total. The third kappa shape index (κ3) is 5.43. The fraction of sp³-hybridized carbons (Fsp3) is 0.304. The summed E-state index contributed by atoms with van der Waals surface area (Å²) >= 11 is 0. The van der Waals surface area contributed by atoms with Crippen molar-refractivity contribution in [2.75, 3.05) is 17.8 Å². The number of sulfone groups is 2. The topological polar surface area (TPSA) is 73.2 Å². The predicted molar refractivity (Wildman–Crippen MR) is 122 cm³/mol. The smallest absolute Gasteiger partial charge is 0.175 e. The van der Waals surface area contributed by atoms with Gasteiger partial charge in [0.15, 0.2) is 19.7 Å². The molecule has 3 aromatic rings. The van der Waals surface area contributed by atoms with Crippen molar-refractivity contribution in [3.05, 3.63) is 71.7 Å². The molecule has 0 amide bonds. The van der Waals surface area contributed by atoms with E-state index < -0.39 is 19.7 Å². The Labute approximate surface area is 183 Å². The van der Waals surface area contributed by atoms with Crippen molar-refractivity contribution in [1.82, 2.24) is 4.57 Å². The van der Waals surface area contributed by atoms with Crippen LogP contribution in [0.3, 0.4) is 0 Å². The Hall–Kier alpha value is -2.45. The minimum atomic E-state index is -3.32. The van der Waals surface area contributed by atoms with Crippen LogP contribution in [0.1, 0.15) is 24.6 Å². The predicted octanol–water partition coefficient (Wildman–Crippen LogP) is 4.36. The lowest BCUT2D eigenvalue weighted by Crippen LogP contribution is -2.12. The first-order chi connectivity index (χ1) is 14.5. The molecule has 0 bridgehead atoms. The molecule has 1 heterocycles. The molecule has 0 saturated heterocycles. The molecule has 0 spiro atoms. The van der Waals surface area contributed by atoms with Crippen LogP contribution in [-0.2, 0) is 26.1 Å². The summed E-state index contributed by atoms with van der Waals surface area (Å²) in [5.41, 5.74) is 4.05. The number of hydrogen-bond acceptors (Lipinski definition) is 4. The number of hydrogen-bond donors (Lipinski definition) is 0. The first-order valence-corrected chi connectivity index (χ1v) is 13.7. The van der Waals surface area contributed by atoms with E-state index in [9.17, 15) is 21.2 Å². The number of aryl methyl sites for hydroxylation is 1. The molecule has 166 valence electrons. The Kier molecular flexibility index (Phi) is 6.71. The van der Waals surface area contributed by atoms with Gasteiger partial charge in [0.25, 0.3) is 0 Å². The highest BCUT2D eigenvalue weighted by molar-refractivity contribution is 7.91. The molecule has 1 aromatic heterocycles. The zero-order chi connectivity index (χ0) is 22.8. The van der Waals surface area contributed by atoms with Gasteiger partial charge in [0.1, 0.15) is 5.82 Å². The van der Waals surface area contributed by atoms with Crippen LogP contribution < -0.4 is 0 Å². The van der Waals surface area contributed by atoms with Gasteiger partial charge in [-0.3, -0.25) is 0 Å². The highest BCUT2D eigenvalue weighted by Gasteiger charge is 2.18. The van der Waals surface area contributed by atoms with E-state index in [1.165, 1.54) is 12.1 Å². The van der Waals surface area contributed by atoms with Crippen LogP contribution in [0.15, 0.2) is 59.5 Å². The van der Waals surface area contributed by atoms with Crippen LogP contribution in [0.5, 0.6) is 0 Å². The van der Waals surface area contributed by atoms with Gasteiger partial charge < -0.3 is 4.57 Å². The maximum atomic E-state index is 13.5. The minimum absolute atomic E-state index is 0.0571. The van der Waals surface area contributed by atoms with Crippen molar-refractivity contribution in [2.24, 2.45) is 0 Å². The Balaban J connectivity index is 2.09. The van der Waals surface area contributed by atoms with E-state index in [0.717, 1.165) is 34.5 Å². The van der Waals surface area contributed by atoms with Gasteiger partial charge in [-0.05, 0) is 73.4 Å². The average molecular weight is 464 g/mol. The molecule has 0 fully saturated rings. The highest BCUT2D eigenvalue weighted by atomic mass is 32.2. The monoisotopic (exact) mass is 463 g/mol. The van der Waals surface area contributed by atoms with E-state index >= 15 is 0 Å². The third-order valence-electron chi connectivity index (χ3n) is 5.21. The standard InChI is InChI=1S/C23H26FNO4S2/c1-4-14-31(28,29)15-13-19-16-23(18-5-11-22(12-6-18)30(3,26)27)25(17(19)2)21-9-7-20(24)8-10-21/h5-12,16H,4,13-15H2,1-3H3. The Morgan fingerprint density at radius 2 is 1.52 bits per heavy atom. The SMILES string of the molecule is CCCS(=O)(=O)CCc1cc(-c2ccc(S(C)(=O)=O)cc2)n(-c2ccc(F)cc2)c1C. The summed E-state index contributed by atoms with van der Waals surface area (Å²) in [6.07, 6.45) is 2.11. The van der Waals surface area contributed by atoms with Crippen molar-refractivity contribution in [1.29, 1.82) is 0 Å². The number of benzene rings is 2. The van der Waals surface area contributed by atoms with Gasteiger partial charge in [-0.1, -0.05) is 19.1 Å². The molecule has 0 saturated carbocycles. The molecule has 3 rings (SSSR count). The molecular weight excluding hydrogens is 437 g/mol. The highest BCUT2D eigenvalue weighted by Crippen LogP contribution is 2.31. The maximum absolute atomic E-state index is 13.5. The zero-order valence-electron chi connectivity index (χ0n) is 17.8. The van der Waals surface area contributed by atoms with Gasteiger partial charge in [0.05, 0.1) is 16.3 Å². The second-order valence-electron chi connectivity index (χ2n) is 7.65. The Morgan fingerprint density at radius 1 is 0.903 bits per heavy atom. The lowest BCUT2D eigenvalue weighted by molar-refractivity contribution is 0.593. The van der Waals surface area contributed by atoms with Crippen LogP contribution in [0.25, 0.3) is 16.9 Å². The number of rotatable bonds is 8. The van der Waals surface area contributed by atoms with Gasteiger partial charge in [-0.15, -0.1) is 0 Å². The van der Waals surface area contributed by atoms with Crippen LogP contribution in [0.2, 0.25) is 0 Å². The second-order valence-corrected chi connectivity index (χ2v) is 12.0. The number of aromatic nitrogens is 1. The average Bonchev–Trinajstić information content (AvgIpc) is 3.03. The van der Waals surface area contributed by atoms with Crippen molar-refractivity contribution >= 4 is 19.7 Å². The summed E-state index contributed by atoms with van der Waals surface area (Å²) in [5.74, 6) is -0.134. The van der Waals surface area contributed by atoms with Gasteiger partial charge in [0, 0.05) is 23.4 Å². The van der Waals surface area contributed by atoms with Gasteiger partial charge in [-0.25, -0.2) is 21.2 Å². The molecule has 0 radical (unpaired) electrons. The zero-order valence-corrected chi connectivity index (χ0v) is 19.4. The molecule has 31 heavy (non-hydrogen) atoms. The summed E-state index contributed by atoms with van der Waals surface area (Å²) < 4.78 is 63.4. The summed E-state index contributed by atoms with van der Waals surface area (Å²) in [4.78, 5) is 0.221. The van der Waals surface area contributed by atoms with Crippen molar-refractivity contribution < 1.29 is 21.2 Å². The van der Waals surface area contributed by atoms with Crippen LogP contribution in [-0.4, -0.2) is 39.2 Å². The number of nitrogens with zero attached hydrogens (tertiary/aromatic N) is 1. The molecule has 0 aliphatic heterocycles. The van der Waals surface area contributed by atoms with Crippen LogP contribution in [0, 0.1) is 12.7 Å². The molecule has 0 aliphatic carbocycles. The van der Waals surface area contributed by atoms with Crippen LogP contribution >= 0.6 is 0 Å². The second kappa shape index (κ2) is 8.96. The fourth-order valence-corrected chi connectivity index (χ4v) is 5.59. The van der Waals surface area contributed by atoms with E-state index in [1.807, 2.05) is 24.5 Å². The number of halogens is 1. The lowest BCUT2D eigenvalue weighted by atomic mass is 10.1. The van der Waals surface area contributed by atoms with Gasteiger partial charge in [-0.2, -0.15) is 0 Å². The van der Waals surface area contributed by atoms with E-state index in [2.05, 4.69) is 0 Å². The summed E-state index contributed by atoms with van der Waals surface area (Å²) in [6.45, 7) is 3.74. The fourth-order valence-electron chi connectivity index (χ4n) is 3.60. The van der Waals surface area contributed by atoms with E-state index in [-0.39, 0.29) is 22.2 Å². The normalized spacial score (nSPS) is 12.3. The Bertz CT molecular complexity index is 1270. The van der Waals surface area contributed by atoms with Gasteiger partial charge >= 0.3 is 0 Å². The van der Waals surface area contributed by atoms with Crippen LogP contribution in [0.4, 0.5) is 4.39 Å². The van der Waals surface area contributed by atoms with Crippen molar-refractivity contribution in [2.45, 2.75) is 31.6 Å². The van der Waals surface area contributed by atoms with E-state index in [0.29, 0.717) is 12.8 Å². The van der Waals surface area contributed by atoms with Crippen molar-refractivity contribution in [3.8, 4) is 16.9 Å². The molecule has 2 aromatic carbocycles. The molecule has 0 N–H and O–H groups in total. The van der Waals surface area contributed by atoms with E-state index in [4.69, 9.17) is 0 Å². The third-order valence-corrected chi connectivity index (χ3v) is 8.20. The van der Waals surface area contributed by atoms with E-state index in [1.54, 1.807) is 36.4 Å². The Morgan fingerprint density at radius 3 is 2.06 bits per heavy atom. The quantitative estimate of drug-likeness (QED) is 0.497. The summed E-state index contributed by atoms with van der Waals surface area (Å²) in [6, 6.07) is 14.5. The maximum Gasteiger partial charge on any atom is 0.175 e. The van der Waals surface area contributed by atoms with Crippen molar-refractivity contribution in [3.63, 3.8) is 0 Å².